The van der Waals surface area contributed by atoms with Gasteiger partial charge in [0.1, 0.15) is 5.82 Å². The molecule has 2 aromatic rings. The molecule has 1 saturated heterocycles. The Morgan fingerprint density at radius 3 is 3.00 bits per heavy atom. The normalized spacial score (nSPS) is 19.6. The van der Waals surface area contributed by atoms with Gasteiger partial charge in [0.25, 0.3) is 0 Å². The van der Waals surface area contributed by atoms with E-state index < -0.39 is 0 Å². The molecule has 0 aliphatic carbocycles. The van der Waals surface area contributed by atoms with E-state index in [2.05, 4.69) is 16.4 Å². The third-order valence-electron chi connectivity index (χ3n) is 3.36. The van der Waals surface area contributed by atoms with Crippen molar-refractivity contribution in [2.75, 3.05) is 19.7 Å². The van der Waals surface area contributed by atoms with E-state index in [1.54, 1.807) is 6.20 Å². The van der Waals surface area contributed by atoms with Crippen LogP contribution in [-0.2, 0) is 4.74 Å². The standard InChI is InChI=1S/C14H16ClN3O/c1-10-17-4-6-18(10)13-3-2-11(8-12(13)15)14-9-16-5-7-19-14/h2-4,6,8,14,16H,5,7,9H2,1H3. The van der Waals surface area contributed by atoms with Gasteiger partial charge in [-0.1, -0.05) is 17.7 Å². The first-order chi connectivity index (χ1) is 9.25. The lowest BCUT2D eigenvalue weighted by Gasteiger charge is -2.24. The molecular weight excluding hydrogens is 262 g/mol. The molecule has 1 aliphatic rings. The highest BCUT2D eigenvalue weighted by molar-refractivity contribution is 6.32. The van der Waals surface area contributed by atoms with Gasteiger partial charge in [-0.25, -0.2) is 4.98 Å². The van der Waals surface area contributed by atoms with Crippen LogP contribution in [0.15, 0.2) is 30.6 Å². The number of ether oxygens (including phenoxy) is 1. The van der Waals surface area contributed by atoms with Crippen molar-refractivity contribution in [3.63, 3.8) is 0 Å². The number of nitrogens with one attached hydrogen (secondary N) is 1. The number of aromatic nitrogens is 2. The van der Waals surface area contributed by atoms with Gasteiger partial charge in [0.15, 0.2) is 0 Å². The SMILES string of the molecule is Cc1nccn1-c1ccc(C2CNCCO2)cc1Cl. The van der Waals surface area contributed by atoms with Crippen molar-refractivity contribution in [3.8, 4) is 5.69 Å². The molecule has 5 heteroatoms. The summed E-state index contributed by atoms with van der Waals surface area (Å²) in [5.74, 6) is 0.922. The number of aryl methyl sites for hydroxylation is 1. The van der Waals surface area contributed by atoms with Gasteiger partial charge in [-0.15, -0.1) is 0 Å². The molecular formula is C14H16ClN3O. The Bertz CT molecular complexity index is 576. The average molecular weight is 278 g/mol. The predicted molar refractivity (Wildman–Crippen MR) is 74.9 cm³/mol. The lowest BCUT2D eigenvalue weighted by molar-refractivity contribution is 0.0277. The topological polar surface area (TPSA) is 39.1 Å². The van der Waals surface area contributed by atoms with Crippen molar-refractivity contribution in [1.82, 2.24) is 14.9 Å². The largest absolute Gasteiger partial charge is 0.371 e. The van der Waals surface area contributed by atoms with Crippen LogP contribution in [0.25, 0.3) is 5.69 Å². The summed E-state index contributed by atoms with van der Waals surface area (Å²) in [5, 5.41) is 4.04. The summed E-state index contributed by atoms with van der Waals surface area (Å²) in [4.78, 5) is 4.22. The highest BCUT2D eigenvalue weighted by Crippen LogP contribution is 2.27. The van der Waals surface area contributed by atoms with E-state index in [-0.39, 0.29) is 6.10 Å². The number of morpholine rings is 1. The Kier molecular flexibility index (Phi) is 3.55. The Morgan fingerprint density at radius 1 is 1.47 bits per heavy atom. The molecule has 1 aromatic carbocycles. The zero-order chi connectivity index (χ0) is 13.2. The highest BCUT2D eigenvalue weighted by Gasteiger charge is 2.17. The minimum atomic E-state index is 0.0872. The van der Waals surface area contributed by atoms with Crippen LogP contribution in [-0.4, -0.2) is 29.2 Å². The van der Waals surface area contributed by atoms with Gasteiger partial charge in [0.2, 0.25) is 0 Å². The quantitative estimate of drug-likeness (QED) is 0.917. The van der Waals surface area contributed by atoms with Gasteiger partial charge in [-0.3, -0.25) is 0 Å². The molecule has 1 unspecified atom stereocenters. The first kappa shape index (κ1) is 12.7. The van der Waals surface area contributed by atoms with Gasteiger partial charge in [-0.2, -0.15) is 0 Å². The minimum Gasteiger partial charge on any atom is -0.371 e. The minimum absolute atomic E-state index is 0.0872. The Hall–Kier alpha value is -1.36. The lowest BCUT2D eigenvalue weighted by Crippen LogP contribution is -2.33. The van der Waals surface area contributed by atoms with E-state index in [4.69, 9.17) is 16.3 Å². The fourth-order valence-corrected chi connectivity index (χ4v) is 2.61. The van der Waals surface area contributed by atoms with Crippen molar-refractivity contribution in [2.45, 2.75) is 13.0 Å². The van der Waals surface area contributed by atoms with Crippen LogP contribution in [0, 0.1) is 6.92 Å². The summed E-state index contributed by atoms with van der Waals surface area (Å²) in [6.07, 6.45) is 3.77. The summed E-state index contributed by atoms with van der Waals surface area (Å²) >= 11 is 6.39. The van der Waals surface area contributed by atoms with Crippen LogP contribution < -0.4 is 5.32 Å². The number of halogens is 1. The van der Waals surface area contributed by atoms with Crippen LogP contribution in [0.2, 0.25) is 5.02 Å². The van der Waals surface area contributed by atoms with Gasteiger partial charge in [0, 0.05) is 25.5 Å². The molecule has 2 heterocycles. The Labute approximate surface area is 117 Å². The zero-order valence-corrected chi connectivity index (χ0v) is 11.5. The second-order valence-electron chi connectivity index (χ2n) is 4.62. The number of hydrogen-bond donors (Lipinski definition) is 1. The van der Waals surface area contributed by atoms with Crippen LogP contribution in [0.5, 0.6) is 0 Å². The number of benzene rings is 1. The number of imidazole rings is 1. The number of rotatable bonds is 2. The molecule has 1 N–H and O–H groups in total. The fraction of sp³-hybridized carbons (Fsp3) is 0.357. The first-order valence-corrected chi connectivity index (χ1v) is 6.75. The molecule has 19 heavy (non-hydrogen) atoms. The molecule has 0 radical (unpaired) electrons. The highest BCUT2D eigenvalue weighted by atomic mass is 35.5. The van der Waals surface area contributed by atoms with Crippen LogP contribution in [0.4, 0.5) is 0 Å². The van der Waals surface area contributed by atoms with Gasteiger partial charge in [0.05, 0.1) is 23.4 Å². The van der Waals surface area contributed by atoms with Crippen LogP contribution in [0.3, 0.4) is 0 Å². The first-order valence-electron chi connectivity index (χ1n) is 6.38. The summed E-state index contributed by atoms with van der Waals surface area (Å²) in [7, 11) is 0. The van der Waals surface area contributed by atoms with E-state index in [1.807, 2.05) is 29.8 Å². The van der Waals surface area contributed by atoms with Crippen molar-refractivity contribution in [3.05, 3.63) is 47.0 Å². The molecule has 4 nitrogen and oxygen atoms in total. The van der Waals surface area contributed by atoms with E-state index in [1.165, 1.54) is 0 Å². The van der Waals surface area contributed by atoms with Gasteiger partial charge in [-0.05, 0) is 24.6 Å². The molecule has 1 aromatic heterocycles. The maximum atomic E-state index is 6.39. The molecule has 3 rings (SSSR count). The number of nitrogens with zero attached hydrogens (tertiary/aromatic N) is 2. The second-order valence-corrected chi connectivity index (χ2v) is 5.03. The molecule has 1 aliphatic heterocycles. The van der Waals surface area contributed by atoms with Gasteiger partial charge >= 0.3 is 0 Å². The molecule has 100 valence electrons. The van der Waals surface area contributed by atoms with E-state index in [0.29, 0.717) is 5.02 Å². The van der Waals surface area contributed by atoms with E-state index in [0.717, 1.165) is 36.8 Å². The summed E-state index contributed by atoms with van der Waals surface area (Å²) < 4.78 is 7.71. The third kappa shape index (κ3) is 2.52. The Morgan fingerprint density at radius 2 is 2.37 bits per heavy atom. The van der Waals surface area contributed by atoms with Crippen molar-refractivity contribution < 1.29 is 4.74 Å². The molecule has 0 saturated carbocycles. The lowest BCUT2D eigenvalue weighted by atomic mass is 10.1. The third-order valence-corrected chi connectivity index (χ3v) is 3.66. The molecule has 1 atom stereocenters. The van der Waals surface area contributed by atoms with E-state index in [9.17, 15) is 0 Å². The Balaban J connectivity index is 1.91. The molecule has 0 spiro atoms. The van der Waals surface area contributed by atoms with Crippen LogP contribution >= 0.6 is 11.6 Å². The molecule has 1 fully saturated rings. The van der Waals surface area contributed by atoms with Gasteiger partial charge < -0.3 is 14.6 Å². The van der Waals surface area contributed by atoms with Crippen molar-refractivity contribution in [1.29, 1.82) is 0 Å². The van der Waals surface area contributed by atoms with Crippen molar-refractivity contribution in [2.24, 2.45) is 0 Å². The summed E-state index contributed by atoms with van der Waals surface area (Å²) in [6, 6.07) is 6.07. The van der Waals surface area contributed by atoms with Crippen molar-refractivity contribution >= 4 is 11.6 Å². The van der Waals surface area contributed by atoms with Crippen LogP contribution in [0.1, 0.15) is 17.5 Å². The number of hydrogen-bond acceptors (Lipinski definition) is 3. The average Bonchev–Trinajstić information content (AvgIpc) is 2.86. The molecule has 0 bridgehead atoms. The fourth-order valence-electron chi connectivity index (χ4n) is 2.33. The monoisotopic (exact) mass is 277 g/mol. The predicted octanol–water partition coefficient (Wildman–Crippen LogP) is 2.50. The summed E-state index contributed by atoms with van der Waals surface area (Å²) in [5.41, 5.74) is 2.06. The maximum Gasteiger partial charge on any atom is 0.110 e. The second kappa shape index (κ2) is 5.33. The van der Waals surface area contributed by atoms with E-state index >= 15 is 0 Å². The smallest absolute Gasteiger partial charge is 0.110 e. The zero-order valence-electron chi connectivity index (χ0n) is 10.8. The molecule has 0 amide bonds. The summed E-state index contributed by atoms with van der Waals surface area (Å²) in [6.45, 7) is 4.44. The maximum absolute atomic E-state index is 6.39.